The van der Waals surface area contributed by atoms with E-state index < -0.39 is 14.8 Å². The van der Waals surface area contributed by atoms with Crippen LogP contribution in [0.3, 0.4) is 0 Å². The minimum atomic E-state index is -3.44. The van der Waals surface area contributed by atoms with Crippen molar-refractivity contribution in [2.24, 2.45) is 5.92 Å². The first-order valence-electron chi connectivity index (χ1n) is 8.27. The highest BCUT2D eigenvalue weighted by molar-refractivity contribution is 7.91. The molecule has 1 amide bonds. The molecule has 0 N–H and O–H groups in total. The lowest BCUT2D eigenvalue weighted by Gasteiger charge is -2.17. The van der Waals surface area contributed by atoms with Gasteiger partial charge in [-0.25, -0.2) is 12.7 Å². The van der Waals surface area contributed by atoms with Crippen molar-refractivity contribution in [1.29, 1.82) is 0 Å². The molecular weight excluding hydrogens is 314 g/mol. The summed E-state index contributed by atoms with van der Waals surface area (Å²) in [5, 5.41) is 0. The zero-order chi connectivity index (χ0) is 16.1. The zero-order valence-electron chi connectivity index (χ0n) is 13.0. The van der Waals surface area contributed by atoms with Gasteiger partial charge in [0.1, 0.15) is 5.75 Å². The Kier molecular flexibility index (Phi) is 3.41. The van der Waals surface area contributed by atoms with Gasteiger partial charge in [-0.15, -0.1) is 0 Å². The fourth-order valence-corrected chi connectivity index (χ4v) is 5.30. The molecule has 0 atom stereocenters. The lowest BCUT2D eigenvalue weighted by molar-refractivity contribution is -0.125. The van der Waals surface area contributed by atoms with Crippen molar-refractivity contribution in [3.63, 3.8) is 0 Å². The summed E-state index contributed by atoms with van der Waals surface area (Å²) < 4.78 is 31.1. The number of sulfonamides is 1. The van der Waals surface area contributed by atoms with Crippen LogP contribution in [0.1, 0.15) is 37.7 Å². The largest absolute Gasteiger partial charge is 0.493 e. The monoisotopic (exact) mass is 335 g/mol. The van der Waals surface area contributed by atoms with Gasteiger partial charge < -0.3 is 4.74 Å². The van der Waals surface area contributed by atoms with Gasteiger partial charge in [0.25, 0.3) is 0 Å². The normalized spacial score (nSPS) is 23.9. The number of rotatable bonds is 5. The fourth-order valence-electron chi connectivity index (χ4n) is 3.20. The Morgan fingerprint density at radius 3 is 2.70 bits per heavy atom. The van der Waals surface area contributed by atoms with Gasteiger partial charge >= 0.3 is 0 Å². The molecule has 1 heterocycles. The summed E-state index contributed by atoms with van der Waals surface area (Å²) in [6, 6.07) is 7.42. The van der Waals surface area contributed by atoms with E-state index in [1.165, 1.54) is 12.8 Å². The van der Waals surface area contributed by atoms with Crippen LogP contribution >= 0.6 is 0 Å². The van der Waals surface area contributed by atoms with Gasteiger partial charge in [0, 0.05) is 6.54 Å². The van der Waals surface area contributed by atoms with E-state index in [4.69, 9.17) is 4.74 Å². The van der Waals surface area contributed by atoms with Crippen LogP contribution in [-0.4, -0.2) is 36.5 Å². The van der Waals surface area contributed by atoms with E-state index >= 15 is 0 Å². The molecule has 3 fully saturated rings. The van der Waals surface area contributed by atoms with Gasteiger partial charge in [-0.05, 0) is 55.7 Å². The molecule has 1 aliphatic heterocycles. The van der Waals surface area contributed by atoms with Crippen molar-refractivity contribution in [1.82, 2.24) is 4.31 Å². The molecule has 5 nitrogen and oxygen atoms in total. The van der Waals surface area contributed by atoms with Crippen LogP contribution in [0.2, 0.25) is 0 Å². The zero-order valence-corrected chi connectivity index (χ0v) is 13.8. The Morgan fingerprint density at radius 1 is 1.26 bits per heavy atom. The lowest BCUT2D eigenvalue weighted by atomic mass is 10.1. The van der Waals surface area contributed by atoms with Crippen LogP contribution in [-0.2, 0) is 21.2 Å². The number of nitrogens with zero attached hydrogens (tertiary/aromatic N) is 1. The average molecular weight is 335 g/mol. The van der Waals surface area contributed by atoms with Crippen molar-refractivity contribution in [2.45, 2.75) is 43.3 Å². The summed E-state index contributed by atoms with van der Waals surface area (Å²) in [5.74, 6) is 1.10. The molecular formula is C17H21NO4S. The SMILES string of the molecule is O=C(Cc1cccc(OCC2CC2)c1)N1CCC2(CC2)S1(=O)=O. The molecule has 1 aromatic rings. The van der Waals surface area contributed by atoms with Crippen LogP contribution < -0.4 is 4.74 Å². The van der Waals surface area contributed by atoms with Crippen LogP contribution in [0.5, 0.6) is 5.75 Å². The fraction of sp³-hybridized carbons (Fsp3) is 0.588. The third-order valence-corrected chi connectivity index (χ3v) is 7.80. The van der Waals surface area contributed by atoms with E-state index in [2.05, 4.69) is 0 Å². The molecule has 0 bridgehead atoms. The van der Waals surface area contributed by atoms with Crippen molar-refractivity contribution < 1.29 is 17.9 Å². The molecule has 0 unspecified atom stereocenters. The van der Waals surface area contributed by atoms with E-state index in [9.17, 15) is 13.2 Å². The van der Waals surface area contributed by atoms with Crippen LogP contribution in [0.4, 0.5) is 0 Å². The topological polar surface area (TPSA) is 63.7 Å². The molecule has 1 aromatic carbocycles. The highest BCUT2D eigenvalue weighted by Crippen LogP contribution is 2.52. The predicted octanol–water partition coefficient (Wildman–Crippen LogP) is 2.11. The Morgan fingerprint density at radius 2 is 2.04 bits per heavy atom. The summed E-state index contributed by atoms with van der Waals surface area (Å²) >= 11 is 0. The van der Waals surface area contributed by atoms with Gasteiger partial charge in [0.05, 0.1) is 17.8 Å². The Balaban J connectivity index is 1.43. The maximum absolute atomic E-state index is 12.4. The molecule has 2 saturated carbocycles. The highest BCUT2D eigenvalue weighted by atomic mass is 32.2. The van der Waals surface area contributed by atoms with Gasteiger partial charge in [-0.1, -0.05) is 12.1 Å². The molecule has 1 spiro atoms. The second-order valence-electron chi connectivity index (χ2n) is 6.98. The van der Waals surface area contributed by atoms with E-state index in [0.29, 0.717) is 31.7 Å². The Bertz CT molecular complexity index is 735. The minimum Gasteiger partial charge on any atom is -0.493 e. The third kappa shape index (κ3) is 2.73. The maximum atomic E-state index is 12.4. The van der Waals surface area contributed by atoms with Crippen molar-refractivity contribution in [3.8, 4) is 5.75 Å². The second kappa shape index (κ2) is 5.23. The number of hydrogen-bond donors (Lipinski definition) is 0. The first kappa shape index (κ1) is 15.0. The summed E-state index contributed by atoms with van der Waals surface area (Å²) in [5.41, 5.74) is 0.801. The molecule has 3 aliphatic rings. The lowest BCUT2D eigenvalue weighted by Crippen LogP contribution is -2.36. The number of ether oxygens (including phenoxy) is 1. The molecule has 124 valence electrons. The molecule has 1 saturated heterocycles. The molecule has 0 radical (unpaired) electrons. The number of hydrogen-bond acceptors (Lipinski definition) is 4. The van der Waals surface area contributed by atoms with Crippen molar-refractivity contribution in [3.05, 3.63) is 29.8 Å². The van der Waals surface area contributed by atoms with Gasteiger partial charge in [-0.3, -0.25) is 4.79 Å². The summed E-state index contributed by atoms with van der Waals surface area (Å²) in [7, 11) is -3.44. The van der Waals surface area contributed by atoms with E-state index in [-0.39, 0.29) is 12.3 Å². The molecule has 6 heteroatoms. The first-order chi connectivity index (χ1) is 11.0. The third-order valence-electron chi connectivity index (χ3n) is 5.13. The summed E-state index contributed by atoms with van der Waals surface area (Å²) in [6.07, 6.45) is 4.55. The van der Waals surface area contributed by atoms with Gasteiger partial charge in [0.2, 0.25) is 15.9 Å². The van der Waals surface area contributed by atoms with Crippen molar-refractivity contribution >= 4 is 15.9 Å². The molecule has 4 rings (SSSR count). The van der Waals surface area contributed by atoms with Crippen LogP contribution in [0.25, 0.3) is 0 Å². The van der Waals surface area contributed by atoms with Crippen LogP contribution in [0, 0.1) is 5.92 Å². The number of carbonyl (C=O) groups is 1. The Hall–Kier alpha value is -1.56. The molecule has 0 aromatic heterocycles. The number of carbonyl (C=O) groups excluding carboxylic acids is 1. The van der Waals surface area contributed by atoms with Gasteiger partial charge in [-0.2, -0.15) is 0 Å². The smallest absolute Gasteiger partial charge is 0.243 e. The van der Waals surface area contributed by atoms with E-state index in [1.54, 1.807) is 0 Å². The van der Waals surface area contributed by atoms with Gasteiger partial charge in [0.15, 0.2) is 0 Å². The van der Waals surface area contributed by atoms with E-state index in [1.807, 2.05) is 24.3 Å². The first-order valence-corrected chi connectivity index (χ1v) is 9.71. The van der Waals surface area contributed by atoms with E-state index in [0.717, 1.165) is 22.2 Å². The second-order valence-corrected chi connectivity index (χ2v) is 9.24. The quantitative estimate of drug-likeness (QED) is 0.827. The minimum absolute atomic E-state index is 0.107. The molecule has 2 aliphatic carbocycles. The Labute approximate surface area is 136 Å². The summed E-state index contributed by atoms with van der Waals surface area (Å²) in [6.45, 7) is 1.06. The predicted molar refractivity (Wildman–Crippen MR) is 85.6 cm³/mol. The highest BCUT2D eigenvalue weighted by Gasteiger charge is 2.61. The van der Waals surface area contributed by atoms with Crippen molar-refractivity contribution in [2.75, 3.05) is 13.2 Å². The average Bonchev–Trinajstić information content (AvgIpc) is 3.40. The summed E-state index contributed by atoms with van der Waals surface area (Å²) in [4.78, 5) is 12.4. The number of benzene rings is 1. The maximum Gasteiger partial charge on any atom is 0.243 e. The van der Waals surface area contributed by atoms with Crippen LogP contribution in [0.15, 0.2) is 24.3 Å². The number of amides is 1. The standard InChI is InChI=1S/C17H21NO4S/c19-16(18-9-8-17(6-7-17)23(18,20)21)11-14-2-1-3-15(10-14)22-12-13-4-5-13/h1-3,10,13H,4-9,11-12H2. The molecule has 23 heavy (non-hydrogen) atoms.